The number of carbonyl (C=O) groups excluding carboxylic acids is 3. The summed E-state index contributed by atoms with van der Waals surface area (Å²) in [5.41, 5.74) is -0.750. The van der Waals surface area contributed by atoms with Gasteiger partial charge in [-0.3, -0.25) is 4.79 Å². The van der Waals surface area contributed by atoms with Crippen LogP contribution in [0.1, 0.15) is 33.6 Å². The van der Waals surface area contributed by atoms with Gasteiger partial charge in [-0.2, -0.15) is 0 Å². The molecule has 1 unspecified atom stereocenters. The average molecular weight is 228 g/mol. The third-order valence-electron chi connectivity index (χ3n) is 2.82. The lowest BCUT2D eigenvalue weighted by Gasteiger charge is -2.19. The molecular weight excluding hydrogens is 212 g/mol. The maximum atomic E-state index is 11.7. The Morgan fingerprint density at radius 2 is 2.12 bits per heavy atom. The predicted octanol–water partition coefficient (Wildman–Crippen LogP) is 0.850. The number of Topliss-reactive ketones (excluding diaryl/α,β-unsaturated/α-hetero) is 1. The average Bonchev–Trinajstić information content (AvgIpc) is 2.63. The predicted molar refractivity (Wildman–Crippen MR) is 54.5 cm³/mol. The van der Waals surface area contributed by atoms with Crippen LogP contribution in [0.3, 0.4) is 0 Å². The van der Waals surface area contributed by atoms with Gasteiger partial charge in [-0.15, -0.1) is 0 Å². The van der Waals surface area contributed by atoms with Crippen LogP contribution in [0.2, 0.25) is 0 Å². The van der Waals surface area contributed by atoms with Crippen LogP contribution in [0.5, 0.6) is 0 Å². The van der Waals surface area contributed by atoms with E-state index in [1.165, 1.54) is 0 Å². The van der Waals surface area contributed by atoms with Gasteiger partial charge in [0.05, 0.1) is 6.61 Å². The van der Waals surface area contributed by atoms with E-state index in [1.807, 2.05) is 6.92 Å². The molecule has 0 aromatic rings. The Balaban J connectivity index is 2.59. The lowest BCUT2D eigenvalue weighted by molar-refractivity contribution is -0.166. The minimum Gasteiger partial charge on any atom is -0.463 e. The van der Waals surface area contributed by atoms with Crippen LogP contribution in [-0.2, 0) is 23.9 Å². The summed E-state index contributed by atoms with van der Waals surface area (Å²) < 4.78 is 9.44. The highest BCUT2D eigenvalue weighted by atomic mass is 16.6. The summed E-state index contributed by atoms with van der Waals surface area (Å²) in [7, 11) is 0. The third kappa shape index (κ3) is 2.59. The van der Waals surface area contributed by atoms with E-state index in [-0.39, 0.29) is 6.61 Å². The molecule has 0 aromatic carbocycles. The molecule has 1 rings (SSSR count). The molecule has 1 heterocycles. The van der Waals surface area contributed by atoms with Crippen molar-refractivity contribution in [2.24, 2.45) is 5.41 Å². The summed E-state index contributed by atoms with van der Waals surface area (Å²) in [5.74, 6) is -2.12. The fraction of sp³-hybridized carbons (Fsp3) is 0.727. The van der Waals surface area contributed by atoms with Crippen molar-refractivity contribution in [3.8, 4) is 0 Å². The summed E-state index contributed by atoms with van der Waals surface area (Å²) in [6.07, 6.45) is -0.0513. The Labute approximate surface area is 94.1 Å². The molecule has 0 radical (unpaired) electrons. The maximum absolute atomic E-state index is 11.7. The van der Waals surface area contributed by atoms with E-state index >= 15 is 0 Å². The Hall–Kier alpha value is -1.39. The van der Waals surface area contributed by atoms with Crippen LogP contribution < -0.4 is 0 Å². The fourth-order valence-electron chi connectivity index (χ4n) is 1.20. The number of ether oxygens (including phenoxy) is 2. The maximum Gasteiger partial charge on any atom is 0.376 e. The summed E-state index contributed by atoms with van der Waals surface area (Å²) in [5, 5.41) is 0. The lowest BCUT2D eigenvalue weighted by Crippen LogP contribution is -2.35. The number of hydrogen-bond donors (Lipinski definition) is 0. The second-order valence-corrected chi connectivity index (χ2v) is 4.42. The molecule has 0 spiro atoms. The van der Waals surface area contributed by atoms with Crippen LogP contribution in [-0.4, -0.2) is 30.4 Å². The van der Waals surface area contributed by atoms with Crippen LogP contribution in [0.4, 0.5) is 0 Å². The zero-order valence-corrected chi connectivity index (χ0v) is 9.74. The first-order valence-electron chi connectivity index (χ1n) is 5.30. The SMILES string of the molecule is CCC(C)(C)C(=O)C(=O)OC1CCOC1=O. The minimum atomic E-state index is -0.948. The molecule has 1 aliphatic rings. The molecule has 1 fully saturated rings. The topological polar surface area (TPSA) is 69.7 Å². The Bertz CT molecular complexity index is 318. The molecule has 5 heteroatoms. The van der Waals surface area contributed by atoms with E-state index < -0.39 is 29.2 Å². The molecular formula is C11H16O5. The first-order valence-corrected chi connectivity index (χ1v) is 5.30. The van der Waals surface area contributed by atoms with E-state index in [1.54, 1.807) is 13.8 Å². The summed E-state index contributed by atoms with van der Waals surface area (Å²) in [4.78, 5) is 34.2. The van der Waals surface area contributed by atoms with Gasteiger partial charge >= 0.3 is 11.9 Å². The normalized spacial score (nSPS) is 20.4. The molecule has 0 amide bonds. The van der Waals surface area contributed by atoms with Crippen molar-refractivity contribution in [3.05, 3.63) is 0 Å². The lowest BCUT2D eigenvalue weighted by atomic mass is 9.85. The van der Waals surface area contributed by atoms with Gasteiger partial charge in [0.25, 0.3) is 0 Å². The highest BCUT2D eigenvalue weighted by Gasteiger charge is 2.37. The number of hydrogen-bond acceptors (Lipinski definition) is 5. The second kappa shape index (κ2) is 4.63. The van der Waals surface area contributed by atoms with Crippen molar-refractivity contribution in [1.82, 2.24) is 0 Å². The highest BCUT2D eigenvalue weighted by molar-refractivity contribution is 6.35. The second-order valence-electron chi connectivity index (χ2n) is 4.42. The Morgan fingerprint density at radius 3 is 2.56 bits per heavy atom. The Kier molecular flexibility index (Phi) is 3.67. The fourth-order valence-corrected chi connectivity index (χ4v) is 1.20. The van der Waals surface area contributed by atoms with Crippen molar-refractivity contribution < 1.29 is 23.9 Å². The van der Waals surface area contributed by atoms with E-state index in [9.17, 15) is 14.4 Å². The van der Waals surface area contributed by atoms with E-state index in [0.29, 0.717) is 12.8 Å². The molecule has 0 aliphatic carbocycles. The first kappa shape index (κ1) is 12.7. The van der Waals surface area contributed by atoms with Crippen molar-refractivity contribution in [2.45, 2.75) is 39.7 Å². The smallest absolute Gasteiger partial charge is 0.376 e. The molecule has 0 aromatic heterocycles. The van der Waals surface area contributed by atoms with E-state index in [0.717, 1.165) is 0 Å². The van der Waals surface area contributed by atoms with Gasteiger partial charge in [0.15, 0.2) is 0 Å². The Morgan fingerprint density at radius 1 is 1.50 bits per heavy atom. The van der Waals surface area contributed by atoms with Crippen LogP contribution in [0.25, 0.3) is 0 Å². The van der Waals surface area contributed by atoms with Crippen LogP contribution in [0.15, 0.2) is 0 Å². The largest absolute Gasteiger partial charge is 0.463 e. The van der Waals surface area contributed by atoms with E-state index in [4.69, 9.17) is 4.74 Å². The van der Waals surface area contributed by atoms with Crippen molar-refractivity contribution in [1.29, 1.82) is 0 Å². The molecule has 5 nitrogen and oxygen atoms in total. The van der Waals surface area contributed by atoms with Gasteiger partial charge in [0.1, 0.15) is 0 Å². The first-order chi connectivity index (χ1) is 7.38. The molecule has 90 valence electrons. The molecule has 0 bridgehead atoms. The third-order valence-corrected chi connectivity index (χ3v) is 2.82. The number of rotatable bonds is 4. The molecule has 0 N–H and O–H groups in total. The molecule has 1 saturated heterocycles. The molecule has 0 saturated carbocycles. The monoisotopic (exact) mass is 228 g/mol. The zero-order chi connectivity index (χ0) is 12.3. The number of esters is 2. The van der Waals surface area contributed by atoms with E-state index in [2.05, 4.69) is 4.74 Å². The van der Waals surface area contributed by atoms with Crippen molar-refractivity contribution in [2.75, 3.05) is 6.61 Å². The molecule has 16 heavy (non-hydrogen) atoms. The zero-order valence-electron chi connectivity index (χ0n) is 9.74. The van der Waals surface area contributed by atoms with Crippen LogP contribution >= 0.6 is 0 Å². The summed E-state index contributed by atoms with van der Waals surface area (Å²) in [6, 6.07) is 0. The quantitative estimate of drug-likeness (QED) is 0.527. The van der Waals surface area contributed by atoms with Crippen LogP contribution in [0, 0.1) is 5.41 Å². The number of ketones is 1. The highest BCUT2D eigenvalue weighted by Crippen LogP contribution is 2.22. The summed E-state index contributed by atoms with van der Waals surface area (Å²) >= 11 is 0. The summed E-state index contributed by atoms with van der Waals surface area (Å²) in [6.45, 7) is 5.39. The molecule has 1 aliphatic heterocycles. The number of cyclic esters (lactones) is 1. The minimum absolute atomic E-state index is 0.238. The molecule has 1 atom stereocenters. The standard InChI is InChI=1S/C11H16O5/c1-4-11(2,3)8(12)10(14)16-7-5-6-15-9(7)13/h7H,4-6H2,1-3H3. The van der Waals surface area contributed by atoms with Crippen molar-refractivity contribution >= 4 is 17.7 Å². The van der Waals surface area contributed by atoms with Gasteiger partial charge < -0.3 is 9.47 Å². The van der Waals surface area contributed by atoms with Gasteiger partial charge in [0, 0.05) is 11.8 Å². The van der Waals surface area contributed by atoms with Crippen molar-refractivity contribution in [3.63, 3.8) is 0 Å². The van der Waals surface area contributed by atoms with Gasteiger partial charge in [-0.25, -0.2) is 9.59 Å². The van der Waals surface area contributed by atoms with Gasteiger partial charge in [0.2, 0.25) is 11.9 Å². The van der Waals surface area contributed by atoms with Gasteiger partial charge in [-0.05, 0) is 6.42 Å². The van der Waals surface area contributed by atoms with Gasteiger partial charge in [-0.1, -0.05) is 20.8 Å². The number of carbonyl (C=O) groups is 3.